The number of benzene rings is 1. The largest absolute Gasteiger partial charge is 0.345 e. The van der Waals surface area contributed by atoms with E-state index in [9.17, 15) is 4.79 Å². The molecule has 4 heteroatoms. The molecule has 0 spiro atoms. The summed E-state index contributed by atoms with van der Waals surface area (Å²) in [6, 6.07) is 10.1. The molecule has 3 nitrogen and oxygen atoms in total. The van der Waals surface area contributed by atoms with Gasteiger partial charge < -0.3 is 9.47 Å². The van der Waals surface area contributed by atoms with E-state index in [0.29, 0.717) is 13.1 Å². The number of hydrogen-bond acceptors (Lipinski definition) is 1. The van der Waals surface area contributed by atoms with Crippen LogP contribution in [-0.2, 0) is 20.1 Å². The monoisotopic (exact) mass is 304 g/mol. The van der Waals surface area contributed by atoms with E-state index in [1.807, 2.05) is 40.9 Å². The Morgan fingerprint density at radius 1 is 1.22 bits per heavy atom. The fraction of sp³-hybridized carbons (Fsp3) is 0.214. The highest BCUT2D eigenvalue weighted by molar-refractivity contribution is 9.10. The first-order chi connectivity index (χ1) is 8.65. The van der Waals surface area contributed by atoms with Crippen LogP contribution in [0.4, 0.5) is 0 Å². The van der Waals surface area contributed by atoms with Crippen LogP contribution >= 0.6 is 15.9 Å². The van der Waals surface area contributed by atoms with Crippen LogP contribution in [-0.4, -0.2) is 15.4 Å². The molecular formula is C14H13BrN2O. The minimum Gasteiger partial charge on any atom is -0.345 e. The molecule has 0 bridgehead atoms. The maximum absolute atomic E-state index is 12.4. The van der Waals surface area contributed by atoms with E-state index in [1.54, 1.807) is 0 Å². The second-order valence-electron chi connectivity index (χ2n) is 4.58. The van der Waals surface area contributed by atoms with Gasteiger partial charge in [0.1, 0.15) is 5.69 Å². The molecule has 1 aliphatic rings. The number of hydrogen-bond donors (Lipinski definition) is 0. The molecule has 1 amide bonds. The number of carbonyl (C=O) groups excluding carboxylic acids is 1. The van der Waals surface area contributed by atoms with Gasteiger partial charge >= 0.3 is 0 Å². The van der Waals surface area contributed by atoms with Crippen LogP contribution in [0.3, 0.4) is 0 Å². The van der Waals surface area contributed by atoms with E-state index < -0.39 is 0 Å². The van der Waals surface area contributed by atoms with Crippen molar-refractivity contribution in [2.24, 2.45) is 7.05 Å². The van der Waals surface area contributed by atoms with Gasteiger partial charge in [0.05, 0.1) is 0 Å². The van der Waals surface area contributed by atoms with E-state index in [0.717, 1.165) is 10.2 Å². The lowest BCUT2D eigenvalue weighted by atomic mass is 10.1. The first-order valence-electron chi connectivity index (χ1n) is 5.83. The molecule has 1 aromatic carbocycles. The molecule has 0 N–H and O–H groups in total. The van der Waals surface area contributed by atoms with Crippen LogP contribution in [0.1, 0.15) is 21.6 Å². The van der Waals surface area contributed by atoms with Crippen LogP contribution in [0.2, 0.25) is 0 Å². The maximum atomic E-state index is 12.4. The molecule has 2 aromatic rings. The number of carbonyl (C=O) groups is 1. The minimum atomic E-state index is 0.0828. The molecule has 1 aliphatic heterocycles. The van der Waals surface area contributed by atoms with Gasteiger partial charge in [0.2, 0.25) is 0 Å². The van der Waals surface area contributed by atoms with Crippen LogP contribution in [0, 0.1) is 0 Å². The van der Waals surface area contributed by atoms with E-state index in [-0.39, 0.29) is 5.91 Å². The smallest absolute Gasteiger partial charge is 0.271 e. The zero-order chi connectivity index (χ0) is 12.7. The average molecular weight is 305 g/mol. The van der Waals surface area contributed by atoms with E-state index in [4.69, 9.17) is 0 Å². The van der Waals surface area contributed by atoms with Gasteiger partial charge in [-0.15, -0.1) is 0 Å². The van der Waals surface area contributed by atoms with Gasteiger partial charge in [-0.25, -0.2) is 0 Å². The molecule has 0 radical (unpaired) electrons. The number of amides is 1. The minimum absolute atomic E-state index is 0.0828. The molecule has 0 atom stereocenters. The third-order valence-electron chi connectivity index (χ3n) is 3.32. The summed E-state index contributed by atoms with van der Waals surface area (Å²) in [6.45, 7) is 1.41. The molecule has 0 unspecified atom stereocenters. The third kappa shape index (κ3) is 1.86. The first kappa shape index (κ1) is 11.5. The van der Waals surface area contributed by atoms with Crippen molar-refractivity contribution in [3.05, 3.63) is 57.8 Å². The molecule has 0 saturated carbocycles. The quantitative estimate of drug-likeness (QED) is 0.795. The lowest BCUT2D eigenvalue weighted by molar-refractivity contribution is 0.0742. The highest BCUT2D eigenvalue weighted by atomic mass is 79.9. The predicted octanol–water partition coefficient (Wildman–Crippen LogP) is 2.94. The average Bonchev–Trinajstić information content (AvgIpc) is 2.91. The summed E-state index contributed by atoms with van der Waals surface area (Å²) in [4.78, 5) is 14.3. The summed E-state index contributed by atoms with van der Waals surface area (Å²) in [5, 5.41) is 0. The normalized spacial score (nSPS) is 13.8. The Morgan fingerprint density at radius 2 is 1.83 bits per heavy atom. The van der Waals surface area contributed by atoms with Gasteiger partial charge in [0.15, 0.2) is 0 Å². The fourth-order valence-corrected chi connectivity index (χ4v) is 2.90. The molecule has 92 valence electrons. The van der Waals surface area contributed by atoms with Gasteiger partial charge in [-0.2, -0.15) is 0 Å². The topological polar surface area (TPSA) is 25.2 Å². The SMILES string of the molecule is Cn1cc(Br)cc1C(=O)N1Cc2ccccc2C1. The summed E-state index contributed by atoms with van der Waals surface area (Å²) >= 11 is 3.40. The summed E-state index contributed by atoms with van der Waals surface area (Å²) in [7, 11) is 1.89. The van der Waals surface area contributed by atoms with Crippen molar-refractivity contribution in [1.82, 2.24) is 9.47 Å². The second kappa shape index (κ2) is 4.28. The Bertz CT molecular complexity index is 593. The lowest BCUT2D eigenvalue weighted by Gasteiger charge is -2.15. The van der Waals surface area contributed by atoms with Crippen molar-refractivity contribution in [2.75, 3.05) is 0 Å². The highest BCUT2D eigenvalue weighted by Crippen LogP contribution is 2.25. The van der Waals surface area contributed by atoms with Gasteiger partial charge in [-0.1, -0.05) is 24.3 Å². The Hall–Kier alpha value is -1.55. The van der Waals surface area contributed by atoms with Gasteiger partial charge in [0, 0.05) is 30.8 Å². The van der Waals surface area contributed by atoms with Crippen molar-refractivity contribution < 1.29 is 4.79 Å². The van der Waals surface area contributed by atoms with Crippen molar-refractivity contribution in [3.8, 4) is 0 Å². The molecule has 0 fully saturated rings. The Morgan fingerprint density at radius 3 is 2.33 bits per heavy atom. The van der Waals surface area contributed by atoms with E-state index in [2.05, 4.69) is 28.1 Å². The molecule has 3 rings (SSSR count). The van der Waals surface area contributed by atoms with Crippen LogP contribution < -0.4 is 0 Å². The number of fused-ring (bicyclic) bond motifs is 1. The van der Waals surface area contributed by atoms with Gasteiger partial charge in [-0.05, 0) is 33.1 Å². The van der Waals surface area contributed by atoms with E-state index >= 15 is 0 Å². The first-order valence-corrected chi connectivity index (χ1v) is 6.62. The molecule has 2 heterocycles. The molecule has 18 heavy (non-hydrogen) atoms. The fourth-order valence-electron chi connectivity index (χ4n) is 2.38. The summed E-state index contributed by atoms with van der Waals surface area (Å²) in [5.74, 6) is 0.0828. The molecular weight excluding hydrogens is 292 g/mol. The Kier molecular flexibility index (Phi) is 2.74. The van der Waals surface area contributed by atoms with Crippen molar-refractivity contribution in [2.45, 2.75) is 13.1 Å². The maximum Gasteiger partial charge on any atom is 0.271 e. The number of rotatable bonds is 1. The number of aryl methyl sites for hydroxylation is 1. The number of aromatic nitrogens is 1. The molecule has 0 aliphatic carbocycles. The summed E-state index contributed by atoms with van der Waals surface area (Å²) in [6.07, 6.45) is 1.90. The number of nitrogens with zero attached hydrogens (tertiary/aromatic N) is 2. The van der Waals surface area contributed by atoms with E-state index in [1.165, 1.54) is 11.1 Å². The zero-order valence-electron chi connectivity index (χ0n) is 10.1. The summed E-state index contributed by atoms with van der Waals surface area (Å²) < 4.78 is 2.79. The van der Waals surface area contributed by atoms with Crippen LogP contribution in [0.25, 0.3) is 0 Å². The highest BCUT2D eigenvalue weighted by Gasteiger charge is 2.25. The number of halogens is 1. The lowest BCUT2D eigenvalue weighted by Crippen LogP contribution is -2.26. The second-order valence-corrected chi connectivity index (χ2v) is 5.50. The molecule has 1 aromatic heterocycles. The van der Waals surface area contributed by atoms with Crippen LogP contribution in [0.5, 0.6) is 0 Å². The van der Waals surface area contributed by atoms with Crippen molar-refractivity contribution in [1.29, 1.82) is 0 Å². The van der Waals surface area contributed by atoms with Gasteiger partial charge in [0.25, 0.3) is 5.91 Å². The van der Waals surface area contributed by atoms with Crippen molar-refractivity contribution >= 4 is 21.8 Å². The summed E-state index contributed by atoms with van der Waals surface area (Å²) in [5.41, 5.74) is 3.22. The predicted molar refractivity (Wildman–Crippen MR) is 73.1 cm³/mol. The molecule has 0 saturated heterocycles. The van der Waals surface area contributed by atoms with Crippen molar-refractivity contribution in [3.63, 3.8) is 0 Å². The van der Waals surface area contributed by atoms with Crippen LogP contribution in [0.15, 0.2) is 41.0 Å². The zero-order valence-corrected chi connectivity index (χ0v) is 11.6. The van der Waals surface area contributed by atoms with Gasteiger partial charge in [-0.3, -0.25) is 4.79 Å². The standard InChI is InChI=1S/C14H13BrN2O/c1-16-9-12(15)6-13(16)14(18)17-7-10-4-2-3-5-11(10)8-17/h2-6,9H,7-8H2,1H3. The third-order valence-corrected chi connectivity index (χ3v) is 3.75. The Labute approximate surface area is 114 Å². The Balaban J connectivity index is 1.87.